The first-order valence-electron chi connectivity index (χ1n) is 6.69. The average molecular weight is 268 g/mol. The lowest BCUT2D eigenvalue weighted by molar-refractivity contribution is 0.0253. The van der Waals surface area contributed by atoms with Crippen LogP contribution >= 0.6 is 11.6 Å². The summed E-state index contributed by atoms with van der Waals surface area (Å²) in [6.45, 7) is 3.73. The van der Waals surface area contributed by atoms with Crippen molar-refractivity contribution in [3.63, 3.8) is 0 Å². The molecule has 0 aromatic carbocycles. The summed E-state index contributed by atoms with van der Waals surface area (Å²) in [5, 5.41) is 0.540. The maximum atomic E-state index is 6.08. The molecule has 2 unspecified atom stereocenters. The van der Waals surface area contributed by atoms with E-state index in [2.05, 4.69) is 14.9 Å². The lowest BCUT2D eigenvalue weighted by Crippen LogP contribution is -2.49. The predicted octanol–water partition coefficient (Wildman–Crippen LogP) is 2.45. The zero-order valence-corrected chi connectivity index (χ0v) is 11.4. The Morgan fingerprint density at radius 1 is 1.44 bits per heavy atom. The Morgan fingerprint density at radius 3 is 3.17 bits per heavy atom. The predicted molar refractivity (Wildman–Crippen MR) is 71.1 cm³/mol. The van der Waals surface area contributed by atoms with Crippen molar-refractivity contribution in [1.29, 1.82) is 0 Å². The first-order chi connectivity index (χ1) is 8.78. The van der Waals surface area contributed by atoms with E-state index in [9.17, 15) is 0 Å². The molecule has 0 bridgehead atoms. The highest BCUT2D eigenvalue weighted by Gasteiger charge is 2.36. The van der Waals surface area contributed by atoms with Gasteiger partial charge in [-0.1, -0.05) is 18.5 Å². The number of hydrogen-bond acceptors (Lipinski definition) is 4. The van der Waals surface area contributed by atoms with Crippen molar-refractivity contribution in [2.24, 2.45) is 0 Å². The van der Waals surface area contributed by atoms with E-state index in [0.717, 1.165) is 31.2 Å². The number of morpholine rings is 1. The average Bonchev–Trinajstić information content (AvgIpc) is 2.85. The van der Waals surface area contributed by atoms with E-state index in [-0.39, 0.29) is 0 Å². The number of nitrogens with zero attached hydrogens (tertiary/aromatic N) is 3. The summed E-state index contributed by atoms with van der Waals surface area (Å²) in [7, 11) is 0. The van der Waals surface area contributed by atoms with Crippen molar-refractivity contribution >= 4 is 17.4 Å². The van der Waals surface area contributed by atoms with Crippen molar-refractivity contribution in [2.75, 3.05) is 18.1 Å². The van der Waals surface area contributed by atoms with Gasteiger partial charge < -0.3 is 9.64 Å². The Labute approximate surface area is 112 Å². The van der Waals surface area contributed by atoms with Crippen LogP contribution in [0.25, 0.3) is 0 Å². The number of rotatable bonds is 2. The van der Waals surface area contributed by atoms with Crippen LogP contribution in [0.3, 0.4) is 0 Å². The molecule has 3 rings (SSSR count). The Kier molecular flexibility index (Phi) is 3.39. The maximum absolute atomic E-state index is 6.08. The second kappa shape index (κ2) is 5.02. The van der Waals surface area contributed by atoms with Crippen LogP contribution < -0.4 is 4.90 Å². The summed E-state index contributed by atoms with van der Waals surface area (Å²) in [5.41, 5.74) is 0. The molecule has 0 spiro atoms. The van der Waals surface area contributed by atoms with Crippen LogP contribution in [0.4, 0.5) is 5.82 Å². The first kappa shape index (κ1) is 12.2. The van der Waals surface area contributed by atoms with Gasteiger partial charge in [-0.2, -0.15) is 0 Å². The maximum Gasteiger partial charge on any atom is 0.134 e. The Balaban J connectivity index is 1.90. The van der Waals surface area contributed by atoms with E-state index in [4.69, 9.17) is 16.3 Å². The molecule has 2 fully saturated rings. The minimum Gasteiger partial charge on any atom is -0.374 e. The zero-order valence-electron chi connectivity index (χ0n) is 10.6. The van der Waals surface area contributed by atoms with Gasteiger partial charge in [0.15, 0.2) is 0 Å². The summed E-state index contributed by atoms with van der Waals surface area (Å²) >= 11 is 6.08. The highest BCUT2D eigenvalue weighted by atomic mass is 35.5. The fraction of sp³-hybridized carbons (Fsp3) is 0.692. The molecule has 1 aromatic heterocycles. The minimum absolute atomic E-state index is 0.373. The number of aryl methyl sites for hydroxylation is 1. The summed E-state index contributed by atoms with van der Waals surface area (Å²) in [5.74, 6) is 1.78. The van der Waals surface area contributed by atoms with Crippen molar-refractivity contribution in [1.82, 2.24) is 9.97 Å². The molecule has 2 heterocycles. The van der Waals surface area contributed by atoms with Gasteiger partial charge in [0, 0.05) is 19.0 Å². The van der Waals surface area contributed by atoms with E-state index in [0.29, 0.717) is 17.3 Å². The van der Waals surface area contributed by atoms with Crippen LogP contribution in [0.15, 0.2) is 6.07 Å². The second-order valence-corrected chi connectivity index (χ2v) is 5.31. The first-order valence-corrected chi connectivity index (χ1v) is 7.07. The molecule has 0 N–H and O–H groups in total. The van der Waals surface area contributed by atoms with Crippen LogP contribution in [0.2, 0.25) is 5.15 Å². The largest absolute Gasteiger partial charge is 0.374 e. The lowest BCUT2D eigenvalue weighted by Gasteiger charge is -2.38. The molecule has 1 aliphatic heterocycles. The molecule has 1 aliphatic carbocycles. The third-order valence-electron chi connectivity index (χ3n) is 3.82. The molecule has 0 amide bonds. The number of aromatic nitrogens is 2. The quantitative estimate of drug-likeness (QED) is 0.772. The van der Waals surface area contributed by atoms with E-state index < -0.39 is 0 Å². The van der Waals surface area contributed by atoms with Gasteiger partial charge in [0.1, 0.15) is 16.8 Å². The molecular formula is C13H18ClN3O. The smallest absolute Gasteiger partial charge is 0.134 e. The summed E-state index contributed by atoms with van der Waals surface area (Å²) in [6, 6.07) is 2.34. The molecule has 2 aliphatic rings. The summed E-state index contributed by atoms with van der Waals surface area (Å²) in [4.78, 5) is 11.2. The topological polar surface area (TPSA) is 38.2 Å². The molecule has 1 aromatic rings. The molecule has 2 atom stereocenters. The van der Waals surface area contributed by atoms with E-state index >= 15 is 0 Å². The van der Waals surface area contributed by atoms with Crippen molar-refractivity contribution in [3.05, 3.63) is 17.0 Å². The SMILES string of the molecule is CCc1nc(Cl)cc(N2CCOC3CCCC32)n1. The molecule has 4 nitrogen and oxygen atoms in total. The van der Waals surface area contributed by atoms with Gasteiger partial charge in [-0.3, -0.25) is 0 Å². The molecule has 0 radical (unpaired) electrons. The van der Waals surface area contributed by atoms with E-state index in [1.807, 2.05) is 13.0 Å². The monoisotopic (exact) mass is 267 g/mol. The van der Waals surface area contributed by atoms with Gasteiger partial charge in [-0.05, 0) is 19.3 Å². The van der Waals surface area contributed by atoms with E-state index in [1.165, 1.54) is 19.3 Å². The zero-order chi connectivity index (χ0) is 12.5. The minimum atomic E-state index is 0.373. The van der Waals surface area contributed by atoms with Gasteiger partial charge in [-0.25, -0.2) is 9.97 Å². The molecule has 5 heteroatoms. The summed E-state index contributed by atoms with van der Waals surface area (Å²) < 4.78 is 5.82. The van der Waals surface area contributed by atoms with Crippen molar-refractivity contribution in [3.8, 4) is 0 Å². The molecular weight excluding hydrogens is 250 g/mol. The molecule has 18 heavy (non-hydrogen) atoms. The summed E-state index contributed by atoms with van der Waals surface area (Å²) in [6.07, 6.45) is 4.78. The third-order valence-corrected chi connectivity index (χ3v) is 4.01. The molecule has 98 valence electrons. The number of fused-ring (bicyclic) bond motifs is 1. The van der Waals surface area contributed by atoms with Crippen LogP contribution in [0.1, 0.15) is 32.0 Å². The Morgan fingerprint density at radius 2 is 2.33 bits per heavy atom. The fourth-order valence-electron chi connectivity index (χ4n) is 2.97. The normalized spacial score (nSPS) is 27.3. The van der Waals surface area contributed by atoms with Crippen molar-refractivity contribution in [2.45, 2.75) is 44.8 Å². The van der Waals surface area contributed by atoms with Gasteiger partial charge in [-0.15, -0.1) is 0 Å². The number of halogens is 1. The van der Waals surface area contributed by atoms with Gasteiger partial charge in [0.05, 0.1) is 18.8 Å². The third kappa shape index (κ3) is 2.19. The lowest BCUT2D eigenvalue weighted by atomic mass is 10.1. The van der Waals surface area contributed by atoms with Crippen LogP contribution in [-0.2, 0) is 11.2 Å². The number of anilines is 1. The number of ether oxygens (including phenoxy) is 1. The highest BCUT2D eigenvalue weighted by molar-refractivity contribution is 6.29. The highest BCUT2D eigenvalue weighted by Crippen LogP contribution is 2.32. The number of hydrogen-bond donors (Lipinski definition) is 0. The second-order valence-electron chi connectivity index (χ2n) is 4.92. The molecule has 1 saturated carbocycles. The van der Waals surface area contributed by atoms with Crippen molar-refractivity contribution < 1.29 is 4.74 Å². The Bertz CT molecular complexity index is 440. The fourth-order valence-corrected chi connectivity index (χ4v) is 3.16. The van der Waals surface area contributed by atoms with Gasteiger partial charge in [0.2, 0.25) is 0 Å². The van der Waals surface area contributed by atoms with Crippen LogP contribution in [0.5, 0.6) is 0 Å². The molecule has 1 saturated heterocycles. The Hall–Kier alpha value is -0.870. The standard InChI is InChI=1S/C13H18ClN3O/c1-2-12-15-11(14)8-13(16-12)17-6-7-18-10-5-3-4-9(10)17/h8-10H,2-7H2,1H3. The van der Waals surface area contributed by atoms with Crippen LogP contribution in [-0.4, -0.2) is 35.3 Å². The van der Waals surface area contributed by atoms with Gasteiger partial charge in [0.25, 0.3) is 0 Å². The van der Waals surface area contributed by atoms with E-state index in [1.54, 1.807) is 0 Å². The van der Waals surface area contributed by atoms with Crippen LogP contribution in [0, 0.1) is 0 Å². The van der Waals surface area contributed by atoms with Gasteiger partial charge >= 0.3 is 0 Å².